The van der Waals surface area contributed by atoms with Gasteiger partial charge in [0.15, 0.2) is 0 Å². The highest BCUT2D eigenvalue weighted by atomic mass is 79.9. The number of alkyl halides is 7. The van der Waals surface area contributed by atoms with E-state index in [4.69, 9.17) is 0 Å². The van der Waals surface area contributed by atoms with Crippen LogP contribution in [0.4, 0.5) is 32.0 Å². The minimum atomic E-state index is -4.50. The molecule has 0 heterocycles. The zero-order valence-electron chi connectivity index (χ0n) is 9.52. The lowest BCUT2D eigenvalue weighted by Gasteiger charge is -2.25. The minimum absolute atomic E-state index is 0.0465. The van der Waals surface area contributed by atoms with Crippen molar-refractivity contribution in [1.29, 1.82) is 0 Å². The standard InChI is InChI=1S/C11H10BrF6N/c12-5-6-19(7-10(13,14)15)9-3-1-8(2-4-9)11(16,17)18/h1-4H,5-7H2. The van der Waals surface area contributed by atoms with Gasteiger partial charge in [0.05, 0.1) is 5.56 Å². The molecule has 0 aliphatic heterocycles. The predicted octanol–water partition coefficient (Wildman–Crippen LogP) is 4.47. The first-order chi connectivity index (χ1) is 8.63. The number of halogens is 7. The fourth-order valence-corrected chi connectivity index (χ4v) is 1.91. The van der Waals surface area contributed by atoms with Crippen LogP contribution in [0.2, 0.25) is 0 Å². The van der Waals surface area contributed by atoms with Crippen molar-refractivity contribution in [1.82, 2.24) is 0 Å². The second-order valence-corrected chi connectivity index (χ2v) is 4.56. The van der Waals surface area contributed by atoms with Gasteiger partial charge in [0.2, 0.25) is 0 Å². The number of benzene rings is 1. The molecule has 0 aliphatic rings. The van der Waals surface area contributed by atoms with Gasteiger partial charge in [-0.2, -0.15) is 26.3 Å². The van der Waals surface area contributed by atoms with E-state index in [0.29, 0.717) is 0 Å². The molecule has 0 atom stereocenters. The van der Waals surface area contributed by atoms with Crippen LogP contribution in [-0.4, -0.2) is 24.6 Å². The van der Waals surface area contributed by atoms with Crippen LogP contribution < -0.4 is 4.90 Å². The Morgan fingerprint density at radius 2 is 1.47 bits per heavy atom. The molecule has 108 valence electrons. The van der Waals surface area contributed by atoms with Crippen LogP contribution in [0.3, 0.4) is 0 Å². The van der Waals surface area contributed by atoms with E-state index in [1.807, 2.05) is 0 Å². The second kappa shape index (κ2) is 6.02. The third kappa shape index (κ3) is 5.30. The summed E-state index contributed by atoms with van der Waals surface area (Å²) in [6, 6.07) is 3.62. The molecule has 0 fully saturated rings. The molecule has 0 unspecified atom stereocenters. The molecule has 0 amide bonds. The zero-order chi connectivity index (χ0) is 14.7. The summed E-state index contributed by atoms with van der Waals surface area (Å²) in [7, 11) is 0. The van der Waals surface area contributed by atoms with Gasteiger partial charge >= 0.3 is 12.4 Å². The molecule has 0 spiro atoms. The van der Waals surface area contributed by atoms with Gasteiger partial charge in [0, 0.05) is 17.6 Å². The summed E-state index contributed by atoms with van der Waals surface area (Å²) in [5.74, 6) is 0. The quantitative estimate of drug-likeness (QED) is 0.572. The van der Waals surface area contributed by atoms with E-state index in [0.717, 1.165) is 29.2 Å². The van der Waals surface area contributed by atoms with Crippen molar-refractivity contribution >= 4 is 21.6 Å². The van der Waals surface area contributed by atoms with E-state index in [1.54, 1.807) is 0 Å². The Labute approximate surface area is 114 Å². The van der Waals surface area contributed by atoms with Crippen molar-refractivity contribution in [2.75, 3.05) is 23.3 Å². The van der Waals surface area contributed by atoms with E-state index >= 15 is 0 Å². The van der Waals surface area contributed by atoms with Crippen LogP contribution in [0.25, 0.3) is 0 Å². The third-order valence-corrected chi connectivity index (χ3v) is 2.64. The third-order valence-electron chi connectivity index (χ3n) is 2.28. The Kier molecular flexibility index (Phi) is 5.11. The first kappa shape index (κ1) is 16.1. The topological polar surface area (TPSA) is 3.24 Å². The highest BCUT2D eigenvalue weighted by Crippen LogP contribution is 2.31. The molecular weight excluding hydrogens is 340 g/mol. The zero-order valence-corrected chi connectivity index (χ0v) is 11.1. The molecule has 0 saturated carbocycles. The van der Waals surface area contributed by atoms with E-state index in [2.05, 4.69) is 15.9 Å². The molecule has 1 rings (SSSR count). The molecule has 0 bridgehead atoms. The average molecular weight is 350 g/mol. The summed E-state index contributed by atoms with van der Waals surface area (Å²) in [5, 5.41) is 0.282. The minimum Gasteiger partial charge on any atom is -0.362 e. The Morgan fingerprint density at radius 1 is 0.947 bits per heavy atom. The summed E-state index contributed by atoms with van der Waals surface area (Å²) in [6.07, 6.45) is -8.91. The second-order valence-electron chi connectivity index (χ2n) is 3.77. The van der Waals surface area contributed by atoms with Crippen molar-refractivity contribution in [3.8, 4) is 0 Å². The van der Waals surface area contributed by atoms with Gasteiger partial charge in [0.25, 0.3) is 0 Å². The summed E-state index contributed by atoms with van der Waals surface area (Å²) in [6.45, 7) is -1.16. The van der Waals surface area contributed by atoms with Crippen molar-refractivity contribution in [2.45, 2.75) is 12.4 Å². The Bertz CT molecular complexity index is 397. The molecule has 0 radical (unpaired) electrons. The number of nitrogens with zero attached hydrogens (tertiary/aromatic N) is 1. The first-order valence-electron chi connectivity index (χ1n) is 5.18. The maximum Gasteiger partial charge on any atom is 0.416 e. The first-order valence-corrected chi connectivity index (χ1v) is 6.30. The molecule has 1 aromatic rings. The monoisotopic (exact) mass is 349 g/mol. The summed E-state index contributed by atoms with van der Waals surface area (Å²) in [4.78, 5) is 0.967. The number of anilines is 1. The van der Waals surface area contributed by atoms with Crippen LogP contribution in [0.1, 0.15) is 5.56 Å². The number of rotatable bonds is 4. The SMILES string of the molecule is FC(F)(F)CN(CCBr)c1ccc(C(F)(F)F)cc1. The molecule has 0 N–H and O–H groups in total. The van der Waals surface area contributed by atoms with Gasteiger partial charge in [-0.1, -0.05) is 15.9 Å². The number of hydrogen-bond acceptors (Lipinski definition) is 1. The normalized spacial score (nSPS) is 12.6. The van der Waals surface area contributed by atoms with E-state index in [9.17, 15) is 26.3 Å². The van der Waals surface area contributed by atoms with E-state index < -0.39 is 24.5 Å². The lowest BCUT2D eigenvalue weighted by molar-refractivity contribution is -0.137. The lowest BCUT2D eigenvalue weighted by atomic mass is 10.2. The summed E-state index contributed by atoms with van der Waals surface area (Å²) >= 11 is 3.01. The Morgan fingerprint density at radius 3 is 1.84 bits per heavy atom. The van der Waals surface area contributed by atoms with Crippen molar-refractivity contribution in [3.63, 3.8) is 0 Å². The fraction of sp³-hybridized carbons (Fsp3) is 0.455. The average Bonchev–Trinajstić information content (AvgIpc) is 2.26. The Hall–Kier alpha value is -0.920. The molecular formula is C11H10BrF6N. The largest absolute Gasteiger partial charge is 0.416 e. The van der Waals surface area contributed by atoms with Gasteiger partial charge in [-0.05, 0) is 24.3 Å². The van der Waals surface area contributed by atoms with Gasteiger partial charge in [0.1, 0.15) is 6.54 Å². The maximum absolute atomic E-state index is 12.3. The van der Waals surface area contributed by atoms with Crippen LogP contribution in [0, 0.1) is 0 Å². The number of hydrogen-bond donors (Lipinski definition) is 0. The Balaban J connectivity index is 2.91. The molecule has 19 heavy (non-hydrogen) atoms. The van der Waals surface area contributed by atoms with Crippen molar-refractivity contribution in [2.24, 2.45) is 0 Å². The van der Waals surface area contributed by atoms with Crippen LogP contribution in [0.15, 0.2) is 24.3 Å². The smallest absolute Gasteiger partial charge is 0.362 e. The van der Waals surface area contributed by atoms with Gasteiger partial charge < -0.3 is 4.90 Å². The summed E-state index contributed by atoms with van der Waals surface area (Å²) < 4.78 is 74.1. The highest BCUT2D eigenvalue weighted by Gasteiger charge is 2.32. The van der Waals surface area contributed by atoms with E-state index in [-0.39, 0.29) is 17.6 Å². The molecule has 8 heteroatoms. The molecule has 0 saturated heterocycles. The highest BCUT2D eigenvalue weighted by molar-refractivity contribution is 9.09. The lowest BCUT2D eigenvalue weighted by Crippen LogP contribution is -2.35. The molecule has 1 nitrogen and oxygen atoms in total. The van der Waals surface area contributed by atoms with Crippen molar-refractivity contribution < 1.29 is 26.3 Å². The van der Waals surface area contributed by atoms with Gasteiger partial charge in [-0.3, -0.25) is 0 Å². The summed E-state index contributed by atoms with van der Waals surface area (Å²) in [5.41, 5.74) is -0.785. The van der Waals surface area contributed by atoms with Crippen molar-refractivity contribution in [3.05, 3.63) is 29.8 Å². The molecule has 0 aliphatic carbocycles. The maximum atomic E-state index is 12.3. The van der Waals surface area contributed by atoms with Gasteiger partial charge in [-0.25, -0.2) is 0 Å². The van der Waals surface area contributed by atoms with Gasteiger partial charge in [-0.15, -0.1) is 0 Å². The van der Waals surface area contributed by atoms with Crippen LogP contribution in [0.5, 0.6) is 0 Å². The van der Waals surface area contributed by atoms with E-state index in [1.165, 1.54) is 0 Å². The van der Waals surface area contributed by atoms with Crippen LogP contribution in [-0.2, 0) is 6.18 Å². The molecule has 0 aromatic heterocycles. The molecule has 1 aromatic carbocycles. The van der Waals surface area contributed by atoms with Crippen LogP contribution >= 0.6 is 15.9 Å². The predicted molar refractivity (Wildman–Crippen MR) is 63.5 cm³/mol. The fourth-order valence-electron chi connectivity index (χ4n) is 1.48.